The number of nitrogens with zero attached hydrogens (tertiary/aromatic N) is 1. The molecule has 0 atom stereocenters. The van der Waals surface area contributed by atoms with Gasteiger partial charge < -0.3 is 14.4 Å². The zero-order valence-electron chi connectivity index (χ0n) is 8.81. The molecule has 2 rings (SSSR count). The number of rotatable bonds is 3. The normalized spacial score (nSPS) is 16.6. The van der Waals surface area contributed by atoms with Crippen LogP contribution in [0, 0.1) is 0 Å². The van der Waals surface area contributed by atoms with Gasteiger partial charge in [-0.25, -0.2) is 0 Å². The van der Waals surface area contributed by atoms with Gasteiger partial charge in [0.15, 0.2) is 6.29 Å². The van der Waals surface area contributed by atoms with Gasteiger partial charge in [0.25, 0.3) is 5.91 Å². The number of halogens is 1. The molecule has 1 amide bonds. The maximum Gasteiger partial charge on any atom is 0.263 e. The molecule has 1 aromatic heterocycles. The number of hydrogen-bond acceptors (Lipinski definition) is 4. The van der Waals surface area contributed by atoms with E-state index in [9.17, 15) is 4.79 Å². The summed E-state index contributed by atoms with van der Waals surface area (Å²) >= 11 is 4.75. The van der Waals surface area contributed by atoms with Crippen LogP contribution in [0.1, 0.15) is 9.67 Å². The zero-order valence-corrected chi connectivity index (χ0v) is 11.2. The van der Waals surface area contributed by atoms with Gasteiger partial charge in [0, 0.05) is 16.9 Å². The molecule has 0 aromatic carbocycles. The highest BCUT2D eigenvalue weighted by Crippen LogP contribution is 2.21. The quantitative estimate of drug-likeness (QED) is 0.857. The van der Waals surface area contributed by atoms with Gasteiger partial charge in [0.1, 0.15) is 0 Å². The molecule has 0 bridgehead atoms. The lowest BCUT2D eigenvalue weighted by atomic mass is 10.4. The molecule has 1 saturated heterocycles. The van der Waals surface area contributed by atoms with Gasteiger partial charge in [-0.1, -0.05) is 0 Å². The highest BCUT2D eigenvalue weighted by atomic mass is 79.9. The van der Waals surface area contributed by atoms with Crippen molar-refractivity contribution in [3.8, 4) is 0 Å². The lowest BCUT2D eigenvalue weighted by molar-refractivity contribution is -0.0542. The van der Waals surface area contributed by atoms with Gasteiger partial charge in [-0.15, -0.1) is 11.3 Å². The number of thiophene rings is 1. The second-order valence-electron chi connectivity index (χ2n) is 3.49. The van der Waals surface area contributed by atoms with E-state index in [-0.39, 0.29) is 12.2 Å². The first-order valence-electron chi connectivity index (χ1n) is 4.89. The molecule has 0 N–H and O–H groups in total. The van der Waals surface area contributed by atoms with Crippen LogP contribution >= 0.6 is 27.3 Å². The molecule has 0 radical (unpaired) electrons. The second kappa shape index (κ2) is 5.27. The third kappa shape index (κ3) is 2.82. The standard InChI is InChI=1S/C10H12BrNO3S/c1-12(5-9-14-2-3-15-9)10(13)8-4-7(11)6-16-8/h4,6,9H,2-3,5H2,1H3. The summed E-state index contributed by atoms with van der Waals surface area (Å²) in [6, 6.07) is 1.82. The number of likely N-dealkylation sites (N-methyl/N-ethyl adjacent to an activating group) is 1. The zero-order chi connectivity index (χ0) is 11.5. The number of carbonyl (C=O) groups excluding carboxylic acids is 1. The van der Waals surface area contributed by atoms with Crippen molar-refractivity contribution in [2.75, 3.05) is 26.8 Å². The maximum atomic E-state index is 12.0. The third-order valence-electron chi connectivity index (χ3n) is 2.24. The SMILES string of the molecule is CN(CC1OCCO1)C(=O)c1cc(Br)cs1. The van der Waals surface area contributed by atoms with Gasteiger partial charge in [0.2, 0.25) is 0 Å². The molecule has 2 heterocycles. The summed E-state index contributed by atoms with van der Waals surface area (Å²) < 4.78 is 11.5. The number of carbonyl (C=O) groups is 1. The molecule has 0 saturated carbocycles. The highest BCUT2D eigenvalue weighted by Gasteiger charge is 2.21. The predicted octanol–water partition coefficient (Wildman–Crippen LogP) is 1.96. The van der Waals surface area contributed by atoms with Crippen molar-refractivity contribution in [3.63, 3.8) is 0 Å². The Labute approximate surface area is 106 Å². The smallest absolute Gasteiger partial charge is 0.263 e. The molecule has 16 heavy (non-hydrogen) atoms. The van der Waals surface area contributed by atoms with E-state index in [1.54, 1.807) is 11.9 Å². The molecule has 6 heteroatoms. The summed E-state index contributed by atoms with van der Waals surface area (Å²) in [5.41, 5.74) is 0. The summed E-state index contributed by atoms with van der Waals surface area (Å²) in [5, 5.41) is 1.89. The highest BCUT2D eigenvalue weighted by molar-refractivity contribution is 9.10. The van der Waals surface area contributed by atoms with E-state index in [4.69, 9.17) is 9.47 Å². The van der Waals surface area contributed by atoms with Crippen LogP contribution in [0.5, 0.6) is 0 Å². The van der Waals surface area contributed by atoms with Crippen molar-refractivity contribution in [3.05, 3.63) is 20.8 Å². The predicted molar refractivity (Wildman–Crippen MR) is 64.7 cm³/mol. The van der Waals surface area contributed by atoms with E-state index in [0.29, 0.717) is 24.6 Å². The monoisotopic (exact) mass is 305 g/mol. The summed E-state index contributed by atoms with van der Waals surface area (Å²) in [4.78, 5) is 14.3. The minimum atomic E-state index is -0.280. The molecule has 1 aliphatic heterocycles. The minimum Gasteiger partial charge on any atom is -0.348 e. The molecular formula is C10H12BrNO3S. The fourth-order valence-electron chi connectivity index (χ4n) is 1.43. The van der Waals surface area contributed by atoms with Gasteiger partial charge in [-0.2, -0.15) is 0 Å². The Kier molecular flexibility index (Phi) is 3.96. The molecule has 0 aliphatic carbocycles. The number of hydrogen-bond donors (Lipinski definition) is 0. The Morgan fingerprint density at radius 2 is 2.31 bits per heavy atom. The van der Waals surface area contributed by atoms with E-state index in [0.717, 1.165) is 4.47 Å². The van der Waals surface area contributed by atoms with E-state index in [1.807, 2.05) is 11.4 Å². The molecule has 0 spiro atoms. The van der Waals surface area contributed by atoms with Crippen LogP contribution in [-0.2, 0) is 9.47 Å². The van der Waals surface area contributed by atoms with E-state index >= 15 is 0 Å². The molecular weight excluding hydrogens is 294 g/mol. The van der Waals surface area contributed by atoms with E-state index in [2.05, 4.69) is 15.9 Å². The van der Waals surface area contributed by atoms with Gasteiger partial charge >= 0.3 is 0 Å². The molecule has 0 unspecified atom stereocenters. The van der Waals surface area contributed by atoms with Gasteiger partial charge in [-0.3, -0.25) is 4.79 Å². The average molecular weight is 306 g/mol. The molecule has 1 aliphatic rings. The fraction of sp³-hybridized carbons (Fsp3) is 0.500. The summed E-state index contributed by atoms with van der Waals surface area (Å²) in [6.07, 6.45) is -0.280. The largest absolute Gasteiger partial charge is 0.348 e. The van der Waals surface area contributed by atoms with Crippen LogP contribution < -0.4 is 0 Å². The Bertz CT molecular complexity index is 376. The Balaban J connectivity index is 1.93. The topological polar surface area (TPSA) is 38.8 Å². The third-order valence-corrected chi connectivity index (χ3v) is 3.92. The lowest BCUT2D eigenvalue weighted by Gasteiger charge is -2.19. The molecule has 88 valence electrons. The fourth-order valence-corrected chi connectivity index (χ4v) is 2.85. The summed E-state index contributed by atoms with van der Waals surface area (Å²) in [6.45, 7) is 1.68. The van der Waals surface area contributed by atoms with Crippen molar-refractivity contribution >= 4 is 33.2 Å². The first-order valence-corrected chi connectivity index (χ1v) is 6.57. The van der Waals surface area contributed by atoms with Crippen LogP contribution in [0.3, 0.4) is 0 Å². The maximum absolute atomic E-state index is 12.0. The molecule has 4 nitrogen and oxygen atoms in total. The Morgan fingerprint density at radius 3 is 2.88 bits per heavy atom. The van der Waals surface area contributed by atoms with Gasteiger partial charge in [-0.05, 0) is 22.0 Å². The van der Waals surface area contributed by atoms with E-state index in [1.165, 1.54) is 11.3 Å². The van der Waals surface area contributed by atoms with Crippen molar-refractivity contribution in [2.45, 2.75) is 6.29 Å². The van der Waals surface area contributed by atoms with E-state index < -0.39 is 0 Å². The second-order valence-corrected chi connectivity index (χ2v) is 5.31. The van der Waals surface area contributed by atoms with Crippen LogP contribution in [0.25, 0.3) is 0 Å². The Hall–Kier alpha value is -0.430. The summed E-state index contributed by atoms with van der Waals surface area (Å²) in [7, 11) is 1.75. The van der Waals surface area contributed by atoms with Crippen LogP contribution in [0.15, 0.2) is 15.9 Å². The lowest BCUT2D eigenvalue weighted by Crippen LogP contribution is -2.34. The number of ether oxygens (including phenoxy) is 2. The summed E-state index contributed by atoms with van der Waals surface area (Å²) in [5.74, 6) is -0.00481. The molecule has 1 aromatic rings. The van der Waals surface area contributed by atoms with Crippen LogP contribution in [0.2, 0.25) is 0 Å². The first kappa shape index (κ1) is 12.0. The molecule has 1 fully saturated rings. The number of amides is 1. The Morgan fingerprint density at radius 1 is 1.62 bits per heavy atom. The van der Waals surface area contributed by atoms with Crippen LogP contribution in [-0.4, -0.2) is 43.9 Å². The van der Waals surface area contributed by atoms with Crippen molar-refractivity contribution < 1.29 is 14.3 Å². The first-order chi connectivity index (χ1) is 7.66. The van der Waals surface area contributed by atoms with Crippen molar-refractivity contribution in [2.24, 2.45) is 0 Å². The minimum absolute atomic E-state index is 0.00481. The average Bonchev–Trinajstić information content (AvgIpc) is 2.88. The van der Waals surface area contributed by atoms with Crippen molar-refractivity contribution in [1.29, 1.82) is 0 Å². The van der Waals surface area contributed by atoms with Crippen molar-refractivity contribution in [1.82, 2.24) is 4.90 Å². The van der Waals surface area contributed by atoms with Crippen LogP contribution in [0.4, 0.5) is 0 Å². The van der Waals surface area contributed by atoms with Gasteiger partial charge in [0.05, 0.1) is 24.6 Å².